The Labute approximate surface area is 135 Å². The van der Waals surface area contributed by atoms with Gasteiger partial charge >= 0.3 is 6.18 Å². The van der Waals surface area contributed by atoms with Crippen molar-refractivity contribution in [2.24, 2.45) is 0 Å². The Kier molecular flexibility index (Phi) is 5.40. The van der Waals surface area contributed by atoms with Crippen molar-refractivity contribution in [1.82, 2.24) is 20.1 Å². The van der Waals surface area contributed by atoms with E-state index >= 15 is 0 Å². The molecule has 2 heterocycles. The number of aryl methyl sites for hydroxylation is 2. The van der Waals surface area contributed by atoms with E-state index in [9.17, 15) is 18.0 Å². The molecular weight excluding hydrogens is 329 g/mol. The summed E-state index contributed by atoms with van der Waals surface area (Å²) in [6, 6.07) is 0.845. The zero-order valence-electron chi connectivity index (χ0n) is 12.8. The molecule has 0 spiro atoms. The third-order valence-corrected chi connectivity index (χ3v) is 4.24. The molecule has 126 valence electrons. The lowest BCUT2D eigenvalue weighted by molar-refractivity contribution is -0.141. The van der Waals surface area contributed by atoms with Gasteiger partial charge in [0.1, 0.15) is 6.54 Å². The minimum absolute atomic E-state index is 0.243. The third kappa shape index (κ3) is 4.78. The van der Waals surface area contributed by atoms with Gasteiger partial charge in [-0.05, 0) is 19.4 Å². The van der Waals surface area contributed by atoms with Gasteiger partial charge in [0.2, 0.25) is 5.91 Å². The minimum atomic E-state index is -4.50. The maximum Gasteiger partial charge on any atom is 0.435 e. The number of carbonyl (C=O) groups is 1. The van der Waals surface area contributed by atoms with E-state index < -0.39 is 11.9 Å². The number of hydrogen-bond acceptors (Lipinski definition) is 4. The predicted molar refractivity (Wildman–Crippen MR) is 80.2 cm³/mol. The van der Waals surface area contributed by atoms with Gasteiger partial charge < -0.3 is 5.32 Å². The molecule has 23 heavy (non-hydrogen) atoms. The molecule has 0 aliphatic heterocycles. The monoisotopic (exact) mass is 346 g/mol. The minimum Gasteiger partial charge on any atom is -0.354 e. The molecule has 5 nitrogen and oxygen atoms in total. The zero-order valence-corrected chi connectivity index (χ0v) is 13.6. The van der Waals surface area contributed by atoms with Crippen LogP contribution in [0, 0.1) is 6.92 Å². The first-order valence-electron chi connectivity index (χ1n) is 7.12. The molecule has 0 aliphatic rings. The Balaban J connectivity index is 1.80. The van der Waals surface area contributed by atoms with Crippen LogP contribution in [0.2, 0.25) is 0 Å². The lowest BCUT2D eigenvalue weighted by atomic mass is 10.3. The fraction of sp³-hybridized carbons (Fsp3) is 0.500. The van der Waals surface area contributed by atoms with Gasteiger partial charge in [0.25, 0.3) is 0 Å². The average Bonchev–Trinajstić information content (AvgIpc) is 3.05. The Morgan fingerprint density at radius 3 is 2.74 bits per heavy atom. The van der Waals surface area contributed by atoms with E-state index in [1.807, 2.05) is 13.8 Å². The van der Waals surface area contributed by atoms with Gasteiger partial charge in [0.15, 0.2) is 5.69 Å². The van der Waals surface area contributed by atoms with Crippen LogP contribution in [-0.4, -0.2) is 27.2 Å². The van der Waals surface area contributed by atoms with Gasteiger partial charge in [-0.2, -0.15) is 18.3 Å². The maximum absolute atomic E-state index is 12.4. The summed E-state index contributed by atoms with van der Waals surface area (Å²) in [4.78, 5) is 17.4. The molecule has 1 N–H and O–H groups in total. The SMILES string of the molecule is CCc1nc(CCNC(=O)Cn2ccc(C(F)(F)F)n2)sc1C. The van der Waals surface area contributed by atoms with Crippen molar-refractivity contribution in [2.45, 2.75) is 39.4 Å². The average molecular weight is 346 g/mol. The van der Waals surface area contributed by atoms with Crippen LogP contribution in [0.1, 0.15) is 28.2 Å². The number of aromatic nitrogens is 3. The van der Waals surface area contributed by atoms with Crippen molar-refractivity contribution in [1.29, 1.82) is 0 Å². The zero-order chi connectivity index (χ0) is 17.0. The summed E-state index contributed by atoms with van der Waals surface area (Å²) in [6.45, 7) is 4.19. The van der Waals surface area contributed by atoms with E-state index in [1.54, 1.807) is 11.3 Å². The molecule has 0 saturated carbocycles. The molecule has 0 aliphatic carbocycles. The second-order valence-corrected chi connectivity index (χ2v) is 6.25. The number of amides is 1. The van der Waals surface area contributed by atoms with E-state index in [1.165, 1.54) is 4.88 Å². The summed E-state index contributed by atoms with van der Waals surface area (Å²) in [5.41, 5.74) is 0.0585. The Morgan fingerprint density at radius 1 is 1.43 bits per heavy atom. The number of thiazole rings is 1. The number of rotatable bonds is 6. The number of alkyl halides is 3. The van der Waals surface area contributed by atoms with Crippen LogP contribution < -0.4 is 5.32 Å². The van der Waals surface area contributed by atoms with Gasteiger partial charge in [-0.1, -0.05) is 6.92 Å². The molecule has 0 saturated heterocycles. The topological polar surface area (TPSA) is 59.8 Å². The summed E-state index contributed by atoms with van der Waals surface area (Å²) in [5.74, 6) is -0.384. The molecule has 0 bridgehead atoms. The Morgan fingerprint density at radius 2 is 2.17 bits per heavy atom. The van der Waals surface area contributed by atoms with Crippen molar-refractivity contribution < 1.29 is 18.0 Å². The Hall–Kier alpha value is -1.90. The number of carbonyl (C=O) groups excluding carboxylic acids is 1. The molecule has 0 aromatic carbocycles. The molecule has 0 fully saturated rings. The standard InChI is InChI=1S/C14H17F3N4OS/c1-3-10-9(2)23-13(19-10)4-6-18-12(22)8-21-7-5-11(20-21)14(15,16)17/h5,7H,3-4,6,8H2,1-2H3,(H,18,22). The lowest BCUT2D eigenvalue weighted by Crippen LogP contribution is -2.29. The van der Waals surface area contributed by atoms with E-state index in [0.29, 0.717) is 13.0 Å². The molecule has 2 aromatic heterocycles. The highest BCUT2D eigenvalue weighted by atomic mass is 32.1. The second-order valence-electron chi connectivity index (χ2n) is 4.96. The van der Waals surface area contributed by atoms with Crippen LogP contribution in [-0.2, 0) is 30.4 Å². The van der Waals surface area contributed by atoms with Crippen molar-refractivity contribution in [3.05, 3.63) is 33.5 Å². The first kappa shape index (κ1) is 17.5. The van der Waals surface area contributed by atoms with Gasteiger partial charge in [0.05, 0.1) is 10.7 Å². The van der Waals surface area contributed by atoms with Crippen LogP contribution in [0.5, 0.6) is 0 Å². The normalized spacial score (nSPS) is 11.7. The molecular formula is C14H17F3N4OS. The highest BCUT2D eigenvalue weighted by molar-refractivity contribution is 7.11. The molecule has 0 unspecified atom stereocenters. The highest BCUT2D eigenvalue weighted by Crippen LogP contribution is 2.27. The van der Waals surface area contributed by atoms with Gasteiger partial charge in [-0.25, -0.2) is 4.98 Å². The number of nitrogens with zero attached hydrogens (tertiary/aromatic N) is 3. The summed E-state index contributed by atoms with van der Waals surface area (Å²) >= 11 is 1.60. The molecule has 2 aromatic rings. The van der Waals surface area contributed by atoms with Crippen molar-refractivity contribution >= 4 is 17.2 Å². The quantitative estimate of drug-likeness (QED) is 0.875. The predicted octanol–water partition coefficient (Wildman–Crippen LogP) is 2.59. The molecule has 1 amide bonds. The smallest absolute Gasteiger partial charge is 0.354 e. The first-order valence-corrected chi connectivity index (χ1v) is 7.93. The van der Waals surface area contributed by atoms with Crippen molar-refractivity contribution in [2.75, 3.05) is 6.54 Å². The van der Waals surface area contributed by atoms with E-state index in [0.717, 1.165) is 34.1 Å². The molecule has 2 rings (SSSR count). The van der Waals surface area contributed by atoms with E-state index in [2.05, 4.69) is 15.4 Å². The van der Waals surface area contributed by atoms with Crippen LogP contribution in [0.3, 0.4) is 0 Å². The fourth-order valence-electron chi connectivity index (χ4n) is 2.04. The largest absolute Gasteiger partial charge is 0.435 e. The van der Waals surface area contributed by atoms with Gasteiger partial charge in [-0.3, -0.25) is 9.48 Å². The molecule has 0 radical (unpaired) electrons. The van der Waals surface area contributed by atoms with Crippen LogP contribution >= 0.6 is 11.3 Å². The van der Waals surface area contributed by atoms with Crippen LogP contribution in [0.4, 0.5) is 13.2 Å². The summed E-state index contributed by atoms with van der Waals surface area (Å²) < 4.78 is 38.2. The number of nitrogens with one attached hydrogen (secondary N) is 1. The maximum atomic E-state index is 12.4. The molecule has 9 heteroatoms. The Bertz CT molecular complexity index is 678. The summed E-state index contributed by atoms with van der Waals surface area (Å²) in [6.07, 6.45) is -1.89. The van der Waals surface area contributed by atoms with Crippen molar-refractivity contribution in [3.8, 4) is 0 Å². The summed E-state index contributed by atoms with van der Waals surface area (Å²) in [5, 5.41) is 6.94. The third-order valence-electron chi connectivity index (χ3n) is 3.17. The first-order chi connectivity index (χ1) is 10.8. The highest BCUT2D eigenvalue weighted by Gasteiger charge is 2.33. The lowest BCUT2D eigenvalue weighted by Gasteiger charge is -2.05. The van der Waals surface area contributed by atoms with Crippen molar-refractivity contribution in [3.63, 3.8) is 0 Å². The van der Waals surface area contributed by atoms with E-state index in [4.69, 9.17) is 0 Å². The van der Waals surface area contributed by atoms with Gasteiger partial charge in [0, 0.05) is 24.0 Å². The van der Waals surface area contributed by atoms with E-state index in [-0.39, 0.29) is 12.5 Å². The van der Waals surface area contributed by atoms with Crippen LogP contribution in [0.15, 0.2) is 12.3 Å². The number of hydrogen-bond donors (Lipinski definition) is 1. The fourth-order valence-corrected chi connectivity index (χ4v) is 3.06. The van der Waals surface area contributed by atoms with Crippen LogP contribution in [0.25, 0.3) is 0 Å². The second kappa shape index (κ2) is 7.12. The molecule has 0 atom stereocenters. The number of halogens is 3. The van der Waals surface area contributed by atoms with Gasteiger partial charge in [-0.15, -0.1) is 11.3 Å². The summed E-state index contributed by atoms with van der Waals surface area (Å²) in [7, 11) is 0.